The summed E-state index contributed by atoms with van der Waals surface area (Å²) in [7, 11) is 0. The zero-order chi connectivity index (χ0) is 35.3. The molecule has 5 aromatic carbocycles. The van der Waals surface area contributed by atoms with E-state index in [1.54, 1.807) is 0 Å². The number of hydrogen-bond donors (Lipinski definition) is 1. The smallest absolute Gasteiger partial charge is 0.255 e. The number of nitrogens with one attached hydrogen (secondary N) is 1. The molecule has 6 rings (SSSR count). The van der Waals surface area contributed by atoms with Crippen molar-refractivity contribution in [2.24, 2.45) is 0 Å². The van der Waals surface area contributed by atoms with Crippen molar-refractivity contribution in [2.45, 2.75) is 58.7 Å². The van der Waals surface area contributed by atoms with Crippen molar-refractivity contribution in [1.82, 2.24) is 4.90 Å². The maximum absolute atomic E-state index is 12.9. The van der Waals surface area contributed by atoms with Gasteiger partial charge in [-0.05, 0) is 95.3 Å². The third-order valence-corrected chi connectivity index (χ3v) is 9.69. The van der Waals surface area contributed by atoms with Crippen LogP contribution in [0.15, 0.2) is 120 Å². The molecule has 1 saturated heterocycles. The second kappa shape index (κ2) is 15.3. The maximum Gasteiger partial charge on any atom is 0.255 e. The predicted molar refractivity (Wildman–Crippen MR) is 204 cm³/mol. The summed E-state index contributed by atoms with van der Waals surface area (Å²) in [5, 5.41) is 3.00. The molecule has 0 radical (unpaired) electrons. The summed E-state index contributed by atoms with van der Waals surface area (Å²) in [5.41, 5.74) is 7.54. The molecule has 0 aromatic heterocycles. The van der Waals surface area contributed by atoms with Crippen LogP contribution in [-0.2, 0) is 12.0 Å². The molecule has 256 valence electrons. The standard InChI is InChI=1S/C43H43BrN2O4/c1-29-5-9-34(10-6-29)42(48)46-25-23-38(24-26-46)50-37-18-7-30(8-19-37)28-49-36-20-15-32(16-21-36)31-11-13-33(14-12-31)41(47)45-35-17-22-39(40(44)27-35)43(2,3)4/h5-22,27,38H,23-26,28H2,1-4H3,(H,45,47). The van der Waals surface area contributed by atoms with Crippen molar-refractivity contribution in [3.05, 3.63) is 148 Å². The number of carbonyl (C=O) groups is 2. The molecule has 0 spiro atoms. The number of hydrogen-bond acceptors (Lipinski definition) is 4. The van der Waals surface area contributed by atoms with E-state index in [9.17, 15) is 9.59 Å². The minimum absolute atomic E-state index is 0.0113. The number of anilines is 1. The fourth-order valence-corrected chi connectivity index (χ4v) is 7.01. The molecule has 0 bridgehead atoms. The lowest BCUT2D eigenvalue weighted by molar-refractivity contribution is 0.0595. The minimum Gasteiger partial charge on any atom is -0.490 e. The number of nitrogens with zero attached hydrogens (tertiary/aromatic N) is 1. The van der Waals surface area contributed by atoms with Gasteiger partial charge in [-0.2, -0.15) is 0 Å². The van der Waals surface area contributed by atoms with E-state index in [2.05, 4.69) is 42.0 Å². The van der Waals surface area contributed by atoms with Gasteiger partial charge in [0.05, 0.1) is 0 Å². The Morgan fingerprint density at radius 3 is 1.94 bits per heavy atom. The van der Waals surface area contributed by atoms with Crippen LogP contribution < -0.4 is 14.8 Å². The number of amides is 2. The van der Waals surface area contributed by atoms with Crippen LogP contribution in [0.1, 0.15) is 71.0 Å². The highest BCUT2D eigenvalue weighted by Crippen LogP contribution is 2.32. The summed E-state index contributed by atoms with van der Waals surface area (Å²) in [6.07, 6.45) is 1.71. The van der Waals surface area contributed by atoms with Gasteiger partial charge in [0.2, 0.25) is 0 Å². The van der Waals surface area contributed by atoms with Gasteiger partial charge in [0.15, 0.2) is 0 Å². The lowest BCUT2D eigenvalue weighted by Gasteiger charge is -2.32. The van der Waals surface area contributed by atoms with Crippen LogP contribution in [0.4, 0.5) is 5.69 Å². The first kappa shape index (κ1) is 35.0. The molecular formula is C43H43BrN2O4. The van der Waals surface area contributed by atoms with Gasteiger partial charge in [-0.3, -0.25) is 9.59 Å². The molecule has 2 amide bonds. The van der Waals surface area contributed by atoms with Crippen LogP contribution >= 0.6 is 15.9 Å². The van der Waals surface area contributed by atoms with Gasteiger partial charge < -0.3 is 19.7 Å². The first-order valence-corrected chi connectivity index (χ1v) is 17.9. The summed E-state index contributed by atoms with van der Waals surface area (Å²) >= 11 is 3.65. The number of likely N-dealkylation sites (tertiary alicyclic amines) is 1. The molecule has 1 heterocycles. The molecule has 0 saturated carbocycles. The molecule has 7 heteroatoms. The van der Waals surface area contributed by atoms with Crippen molar-refractivity contribution in [3.63, 3.8) is 0 Å². The van der Waals surface area contributed by atoms with Gasteiger partial charge in [-0.1, -0.05) is 96.9 Å². The van der Waals surface area contributed by atoms with E-state index < -0.39 is 0 Å². The number of benzene rings is 5. The SMILES string of the molecule is Cc1ccc(C(=O)N2CCC(Oc3ccc(COc4ccc(-c5ccc(C(=O)Nc6ccc(C(C)(C)C)c(Br)c6)cc5)cc4)cc3)CC2)cc1. The topological polar surface area (TPSA) is 67.9 Å². The molecule has 6 nitrogen and oxygen atoms in total. The largest absolute Gasteiger partial charge is 0.490 e. The molecule has 1 aliphatic rings. The van der Waals surface area contributed by atoms with Crippen molar-refractivity contribution >= 4 is 33.4 Å². The molecule has 1 N–H and O–H groups in total. The molecule has 0 aliphatic carbocycles. The van der Waals surface area contributed by atoms with Crippen LogP contribution in [0.25, 0.3) is 11.1 Å². The second-order valence-corrected chi connectivity index (χ2v) is 14.8. The van der Waals surface area contributed by atoms with Crippen LogP contribution in [0.2, 0.25) is 0 Å². The van der Waals surface area contributed by atoms with Crippen LogP contribution in [0.5, 0.6) is 11.5 Å². The molecular weight excluding hydrogens is 688 g/mol. The third kappa shape index (κ3) is 8.82. The van der Waals surface area contributed by atoms with E-state index in [-0.39, 0.29) is 23.3 Å². The van der Waals surface area contributed by atoms with Crippen molar-refractivity contribution in [2.75, 3.05) is 18.4 Å². The molecule has 1 aliphatic heterocycles. The van der Waals surface area contributed by atoms with Crippen molar-refractivity contribution in [3.8, 4) is 22.6 Å². The van der Waals surface area contributed by atoms with Gasteiger partial charge in [0.1, 0.15) is 24.2 Å². The normalized spacial score (nSPS) is 13.5. The quantitative estimate of drug-likeness (QED) is 0.164. The Morgan fingerprint density at radius 1 is 0.760 bits per heavy atom. The summed E-state index contributed by atoms with van der Waals surface area (Å²) in [6, 6.07) is 37.3. The number of aryl methyl sites for hydroxylation is 1. The van der Waals surface area contributed by atoms with Gasteiger partial charge >= 0.3 is 0 Å². The highest BCUT2D eigenvalue weighted by molar-refractivity contribution is 9.10. The first-order valence-electron chi connectivity index (χ1n) is 17.1. The number of ether oxygens (including phenoxy) is 2. The highest BCUT2D eigenvalue weighted by Gasteiger charge is 2.25. The van der Waals surface area contributed by atoms with Crippen LogP contribution in [-0.4, -0.2) is 35.9 Å². The van der Waals surface area contributed by atoms with Crippen LogP contribution in [0.3, 0.4) is 0 Å². The number of carbonyl (C=O) groups excluding carboxylic acids is 2. The number of rotatable bonds is 9. The average molecular weight is 732 g/mol. The Bertz CT molecular complexity index is 1920. The van der Waals surface area contributed by atoms with E-state index in [0.29, 0.717) is 25.3 Å². The third-order valence-electron chi connectivity index (χ3n) is 9.03. The molecule has 1 fully saturated rings. The fourth-order valence-electron chi connectivity index (χ4n) is 6.04. The number of halogens is 1. The second-order valence-electron chi connectivity index (χ2n) is 13.9. The Hall–Kier alpha value is -4.88. The van der Waals surface area contributed by atoms with Gasteiger partial charge in [0, 0.05) is 47.2 Å². The lowest BCUT2D eigenvalue weighted by atomic mass is 9.87. The summed E-state index contributed by atoms with van der Waals surface area (Å²) < 4.78 is 13.3. The lowest BCUT2D eigenvalue weighted by Crippen LogP contribution is -2.41. The average Bonchev–Trinajstić information content (AvgIpc) is 3.11. The Labute approximate surface area is 303 Å². The Kier molecular flexibility index (Phi) is 10.7. The Balaban J connectivity index is 0.952. The molecule has 0 unspecified atom stereocenters. The zero-order valence-electron chi connectivity index (χ0n) is 29.0. The van der Waals surface area contributed by atoms with E-state index in [0.717, 1.165) is 62.3 Å². The zero-order valence-corrected chi connectivity index (χ0v) is 30.6. The van der Waals surface area contributed by atoms with Crippen molar-refractivity contribution in [1.29, 1.82) is 0 Å². The summed E-state index contributed by atoms with van der Waals surface area (Å²) in [5.74, 6) is 1.54. The highest BCUT2D eigenvalue weighted by atomic mass is 79.9. The monoisotopic (exact) mass is 730 g/mol. The fraction of sp³-hybridized carbons (Fsp3) is 0.256. The van der Waals surface area contributed by atoms with E-state index in [1.165, 1.54) is 5.56 Å². The van der Waals surface area contributed by atoms with E-state index in [1.807, 2.05) is 127 Å². The summed E-state index contributed by atoms with van der Waals surface area (Å²) in [4.78, 5) is 27.7. The summed E-state index contributed by atoms with van der Waals surface area (Å²) in [6.45, 7) is 10.3. The minimum atomic E-state index is -0.150. The van der Waals surface area contributed by atoms with Gasteiger partial charge in [-0.25, -0.2) is 0 Å². The van der Waals surface area contributed by atoms with Crippen molar-refractivity contribution < 1.29 is 19.1 Å². The predicted octanol–water partition coefficient (Wildman–Crippen LogP) is 10.2. The molecule has 50 heavy (non-hydrogen) atoms. The Morgan fingerprint density at radius 2 is 1.34 bits per heavy atom. The molecule has 5 aromatic rings. The molecule has 0 atom stereocenters. The maximum atomic E-state index is 12.9. The van der Waals surface area contributed by atoms with Gasteiger partial charge in [-0.15, -0.1) is 0 Å². The van der Waals surface area contributed by atoms with Crippen LogP contribution in [0, 0.1) is 6.92 Å². The number of piperidine rings is 1. The van der Waals surface area contributed by atoms with Gasteiger partial charge in [0.25, 0.3) is 11.8 Å². The first-order chi connectivity index (χ1) is 24.0. The van der Waals surface area contributed by atoms with E-state index in [4.69, 9.17) is 9.47 Å². The van der Waals surface area contributed by atoms with E-state index >= 15 is 0 Å².